The maximum Gasteiger partial charge on any atom is 0.411 e. The number of ether oxygens (including phenoxy) is 1. The lowest BCUT2D eigenvalue weighted by Gasteiger charge is -2.34. The number of nitrogens with zero attached hydrogens (tertiary/aromatic N) is 3. The Kier molecular flexibility index (Phi) is 4.61. The highest BCUT2D eigenvalue weighted by atomic mass is 16.6. The number of aryl methyl sites for hydroxylation is 1. The summed E-state index contributed by atoms with van der Waals surface area (Å²) in [7, 11) is 0. The molecule has 2 heterocycles. The molecule has 2 aromatic rings. The van der Waals surface area contributed by atoms with Crippen molar-refractivity contribution < 1.29 is 13.9 Å². The SMILES string of the molecule is Cc1nnc(-c2ccc(C3C=CCCN3C(=O)OC(C)(C)C)cc2)o1. The van der Waals surface area contributed by atoms with Gasteiger partial charge < -0.3 is 9.15 Å². The average molecular weight is 341 g/mol. The molecule has 3 rings (SSSR count). The average Bonchev–Trinajstić information content (AvgIpc) is 3.00. The van der Waals surface area contributed by atoms with Crippen LogP contribution >= 0.6 is 0 Å². The minimum Gasteiger partial charge on any atom is -0.444 e. The quantitative estimate of drug-likeness (QED) is 0.763. The standard InChI is InChI=1S/C19H23N3O3/c1-13-20-21-17(24-13)15-10-8-14(9-11-15)16-7-5-6-12-22(16)18(23)25-19(2,3)4/h5,7-11,16H,6,12H2,1-4H3. The van der Waals surface area contributed by atoms with Crippen LogP contribution in [0.2, 0.25) is 0 Å². The fourth-order valence-corrected chi connectivity index (χ4v) is 2.73. The Hall–Kier alpha value is -2.63. The number of hydrogen-bond acceptors (Lipinski definition) is 5. The third-order valence-corrected chi connectivity index (χ3v) is 3.84. The molecular formula is C19H23N3O3. The summed E-state index contributed by atoms with van der Waals surface area (Å²) in [6.45, 7) is 8.03. The van der Waals surface area contributed by atoms with E-state index in [1.165, 1.54) is 0 Å². The Bertz CT molecular complexity index is 772. The molecule has 0 radical (unpaired) electrons. The van der Waals surface area contributed by atoms with Crippen molar-refractivity contribution in [1.29, 1.82) is 0 Å². The molecule has 6 heteroatoms. The number of carbonyl (C=O) groups is 1. The van der Waals surface area contributed by atoms with Gasteiger partial charge in [-0.2, -0.15) is 0 Å². The first-order valence-corrected chi connectivity index (χ1v) is 8.40. The molecule has 0 aliphatic carbocycles. The van der Waals surface area contributed by atoms with Gasteiger partial charge in [0.25, 0.3) is 0 Å². The van der Waals surface area contributed by atoms with Gasteiger partial charge in [-0.25, -0.2) is 4.79 Å². The van der Waals surface area contributed by atoms with E-state index in [0.717, 1.165) is 17.5 Å². The molecule has 1 unspecified atom stereocenters. The number of carbonyl (C=O) groups excluding carboxylic acids is 1. The highest BCUT2D eigenvalue weighted by Gasteiger charge is 2.29. The Labute approximate surface area is 147 Å². The van der Waals surface area contributed by atoms with Gasteiger partial charge in [0.1, 0.15) is 5.60 Å². The van der Waals surface area contributed by atoms with E-state index in [2.05, 4.69) is 16.3 Å². The van der Waals surface area contributed by atoms with Crippen molar-refractivity contribution in [3.8, 4) is 11.5 Å². The summed E-state index contributed by atoms with van der Waals surface area (Å²) < 4.78 is 11.0. The summed E-state index contributed by atoms with van der Waals surface area (Å²) in [6.07, 6.45) is 4.67. The summed E-state index contributed by atoms with van der Waals surface area (Å²) in [5.41, 5.74) is 1.36. The molecule has 0 N–H and O–H groups in total. The minimum absolute atomic E-state index is 0.137. The van der Waals surface area contributed by atoms with Gasteiger partial charge in [0, 0.05) is 19.0 Å². The summed E-state index contributed by atoms with van der Waals surface area (Å²) in [5.74, 6) is 1.03. The van der Waals surface area contributed by atoms with Gasteiger partial charge in [0.15, 0.2) is 0 Å². The third-order valence-electron chi connectivity index (χ3n) is 3.84. The van der Waals surface area contributed by atoms with E-state index >= 15 is 0 Å². The lowest BCUT2D eigenvalue weighted by molar-refractivity contribution is 0.0190. The molecule has 0 fully saturated rings. The van der Waals surface area contributed by atoms with Crippen LogP contribution in [0, 0.1) is 6.92 Å². The number of benzene rings is 1. The van der Waals surface area contributed by atoms with Gasteiger partial charge in [-0.15, -0.1) is 10.2 Å². The second-order valence-electron chi connectivity index (χ2n) is 7.08. The Morgan fingerprint density at radius 2 is 1.96 bits per heavy atom. The van der Waals surface area contributed by atoms with Gasteiger partial charge in [0.2, 0.25) is 11.8 Å². The molecule has 1 aromatic heterocycles. The second kappa shape index (κ2) is 6.70. The molecule has 1 amide bonds. The van der Waals surface area contributed by atoms with Gasteiger partial charge in [-0.05, 0) is 44.9 Å². The van der Waals surface area contributed by atoms with Crippen molar-refractivity contribution in [2.75, 3.05) is 6.54 Å². The van der Waals surface area contributed by atoms with Crippen LogP contribution in [0.5, 0.6) is 0 Å². The minimum atomic E-state index is -0.511. The Morgan fingerprint density at radius 3 is 2.56 bits per heavy atom. The van der Waals surface area contributed by atoms with Crippen LogP contribution in [0.4, 0.5) is 4.79 Å². The zero-order chi connectivity index (χ0) is 18.0. The first-order valence-electron chi connectivity index (χ1n) is 8.40. The lowest BCUT2D eigenvalue weighted by Crippen LogP contribution is -2.40. The molecule has 0 saturated carbocycles. The summed E-state index contributed by atoms with van der Waals surface area (Å²) >= 11 is 0. The van der Waals surface area contributed by atoms with Crippen LogP contribution in [-0.4, -0.2) is 33.3 Å². The van der Waals surface area contributed by atoms with Crippen molar-refractivity contribution in [3.05, 3.63) is 47.9 Å². The van der Waals surface area contributed by atoms with E-state index < -0.39 is 5.60 Å². The van der Waals surface area contributed by atoms with E-state index in [-0.39, 0.29) is 12.1 Å². The molecule has 0 saturated heterocycles. The maximum atomic E-state index is 12.5. The molecule has 0 spiro atoms. The van der Waals surface area contributed by atoms with Gasteiger partial charge >= 0.3 is 6.09 Å². The topological polar surface area (TPSA) is 68.5 Å². The van der Waals surface area contributed by atoms with Crippen molar-refractivity contribution in [3.63, 3.8) is 0 Å². The lowest BCUT2D eigenvalue weighted by atomic mass is 10.00. The van der Waals surface area contributed by atoms with E-state index in [9.17, 15) is 4.79 Å². The fraction of sp³-hybridized carbons (Fsp3) is 0.421. The first kappa shape index (κ1) is 17.2. The summed E-state index contributed by atoms with van der Waals surface area (Å²) in [5, 5.41) is 7.87. The predicted octanol–water partition coefficient (Wildman–Crippen LogP) is 4.28. The van der Waals surface area contributed by atoms with Crippen LogP contribution in [0.15, 0.2) is 40.8 Å². The zero-order valence-electron chi connectivity index (χ0n) is 15.0. The Morgan fingerprint density at radius 1 is 1.24 bits per heavy atom. The van der Waals surface area contributed by atoms with Crippen LogP contribution in [0.1, 0.15) is 44.7 Å². The molecule has 6 nitrogen and oxygen atoms in total. The number of amides is 1. The highest BCUT2D eigenvalue weighted by molar-refractivity contribution is 5.69. The summed E-state index contributed by atoms with van der Waals surface area (Å²) in [4.78, 5) is 14.3. The van der Waals surface area contributed by atoms with Crippen molar-refractivity contribution in [2.24, 2.45) is 0 Å². The van der Waals surface area contributed by atoms with Crippen LogP contribution in [-0.2, 0) is 4.74 Å². The van der Waals surface area contributed by atoms with Crippen LogP contribution < -0.4 is 0 Å². The molecule has 1 aliphatic rings. The number of hydrogen-bond donors (Lipinski definition) is 0. The largest absolute Gasteiger partial charge is 0.444 e. The van der Waals surface area contributed by atoms with Gasteiger partial charge in [-0.3, -0.25) is 4.90 Å². The smallest absolute Gasteiger partial charge is 0.411 e. The number of rotatable bonds is 2. The Balaban J connectivity index is 1.82. The molecule has 1 atom stereocenters. The highest BCUT2D eigenvalue weighted by Crippen LogP contribution is 2.29. The van der Waals surface area contributed by atoms with Crippen LogP contribution in [0.3, 0.4) is 0 Å². The van der Waals surface area contributed by atoms with Gasteiger partial charge in [0.05, 0.1) is 6.04 Å². The van der Waals surface area contributed by atoms with Crippen LogP contribution in [0.25, 0.3) is 11.5 Å². The second-order valence-corrected chi connectivity index (χ2v) is 7.08. The normalized spacial score (nSPS) is 17.6. The van der Waals surface area contributed by atoms with E-state index in [0.29, 0.717) is 18.3 Å². The molecular weight excluding hydrogens is 318 g/mol. The van der Waals surface area contributed by atoms with Gasteiger partial charge in [-0.1, -0.05) is 24.3 Å². The van der Waals surface area contributed by atoms with E-state index in [1.807, 2.05) is 51.1 Å². The third kappa shape index (κ3) is 4.07. The molecule has 1 aliphatic heterocycles. The predicted molar refractivity (Wildman–Crippen MR) is 93.9 cm³/mol. The van der Waals surface area contributed by atoms with E-state index in [1.54, 1.807) is 11.8 Å². The van der Waals surface area contributed by atoms with Crippen molar-refractivity contribution in [1.82, 2.24) is 15.1 Å². The summed E-state index contributed by atoms with van der Waals surface area (Å²) in [6, 6.07) is 7.68. The first-order chi connectivity index (χ1) is 11.8. The maximum absolute atomic E-state index is 12.5. The monoisotopic (exact) mass is 341 g/mol. The fourth-order valence-electron chi connectivity index (χ4n) is 2.73. The zero-order valence-corrected chi connectivity index (χ0v) is 15.0. The molecule has 0 bridgehead atoms. The number of aromatic nitrogens is 2. The molecule has 1 aromatic carbocycles. The molecule has 25 heavy (non-hydrogen) atoms. The van der Waals surface area contributed by atoms with Crippen molar-refractivity contribution in [2.45, 2.75) is 45.8 Å². The molecule has 132 valence electrons. The van der Waals surface area contributed by atoms with Crippen molar-refractivity contribution >= 4 is 6.09 Å². The van der Waals surface area contributed by atoms with E-state index in [4.69, 9.17) is 9.15 Å².